The van der Waals surface area contributed by atoms with Crippen molar-refractivity contribution in [3.05, 3.63) is 0 Å². The summed E-state index contributed by atoms with van der Waals surface area (Å²) in [5.74, 6) is 0.745. The zero-order chi connectivity index (χ0) is 13.1. The molecule has 0 aliphatic carbocycles. The first-order valence-electron chi connectivity index (χ1n) is 6.88. The normalized spacial score (nSPS) is 24.9. The Hall–Kier alpha value is -0.120. The van der Waals surface area contributed by atoms with Gasteiger partial charge in [0.05, 0.1) is 12.2 Å². The van der Waals surface area contributed by atoms with Gasteiger partial charge in [0.25, 0.3) is 0 Å². The Morgan fingerprint density at radius 1 is 1.41 bits per heavy atom. The van der Waals surface area contributed by atoms with E-state index in [1.165, 1.54) is 12.8 Å². The van der Waals surface area contributed by atoms with Crippen LogP contribution >= 0.6 is 0 Å². The van der Waals surface area contributed by atoms with Gasteiger partial charge in [0.1, 0.15) is 0 Å². The maximum Gasteiger partial charge on any atom is 0.0753 e. The van der Waals surface area contributed by atoms with Crippen LogP contribution in [0, 0.1) is 5.92 Å². The summed E-state index contributed by atoms with van der Waals surface area (Å²) in [6, 6.07) is 0. The van der Waals surface area contributed by atoms with Gasteiger partial charge in [-0.25, -0.2) is 0 Å². The molecule has 102 valence electrons. The number of hydrogen-bond donors (Lipinski definition) is 1. The fourth-order valence-electron chi connectivity index (χ4n) is 2.47. The SMILES string of the molecule is CC(C)CCC(C)(CN)N1CCOC(C)(C)C1. The molecule has 1 saturated heterocycles. The lowest BCUT2D eigenvalue weighted by molar-refractivity contribution is -0.114. The molecular formula is C14H30N2O. The van der Waals surface area contributed by atoms with Crippen molar-refractivity contribution in [3.8, 4) is 0 Å². The summed E-state index contributed by atoms with van der Waals surface area (Å²) < 4.78 is 5.78. The predicted molar refractivity (Wildman–Crippen MR) is 73.1 cm³/mol. The zero-order valence-electron chi connectivity index (χ0n) is 12.3. The lowest BCUT2D eigenvalue weighted by atomic mass is 9.88. The Morgan fingerprint density at radius 2 is 2.06 bits per heavy atom. The molecular weight excluding hydrogens is 212 g/mol. The monoisotopic (exact) mass is 242 g/mol. The van der Waals surface area contributed by atoms with E-state index in [-0.39, 0.29) is 11.1 Å². The molecule has 0 bridgehead atoms. The topological polar surface area (TPSA) is 38.5 Å². The fraction of sp³-hybridized carbons (Fsp3) is 1.00. The highest BCUT2D eigenvalue weighted by atomic mass is 16.5. The number of nitrogens with two attached hydrogens (primary N) is 1. The average Bonchev–Trinajstić information content (AvgIpc) is 2.24. The van der Waals surface area contributed by atoms with Gasteiger partial charge in [-0.1, -0.05) is 13.8 Å². The van der Waals surface area contributed by atoms with Crippen molar-refractivity contribution in [1.29, 1.82) is 0 Å². The molecule has 0 radical (unpaired) electrons. The molecule has 1 rings (SSSR count). The highest BCUT2D eigenvalue weighted by Gasteiger charge is 2.37. The van der Waals surface area contributed by atoms with Crippen LogP contribution in [-0.2, 0) is 4.74 Å². The third-order valence-corrected chi connectivity index (χ3v) is 3.89. The first-order chi connectivity index (χ1) is 7.79. The second-order valence-corrected chi connectivity index (χ2v) is 6.66. The largest absolute Gasteiger partial charge is 0.373 e. The minimum Gasteiger partial charge on any atom is -0.373 e. The molecule has 1 unspecified atom stereocenters. The Labute approximate surface area is 107 Å². The number of rotatable bonds is 5. The Kier molecular flexibility index (Phi) is 4.99. The van der Waals surface area contributed by atoms with Crippen molar-refractivity contribution >= 4 is 0 Å². The first-order valence-corrected chi connectivity index (χ1v) is 6.88. The minimum atomic E-state index is -0.0352. The first kappa shape index (κ1) is 14.9. The van der Waals surface area contributed by atoms with Gasteiger partial charge in [0, 0.05) is 25.2 Å². The van der Waals surface area contributed by atoms with Crippen molar-refractivity contribution in [2.45, 2.75) is 58.6 Å². The Bertz CT molecular complexity index is 240. The van der Waals surface area contributed by atoms with Crippen LogP contribution in [0.25, 0.3) is 0 Å². The fourth-order valence-corrected chi connectivity index (χ4v) is 2.47. The summed E-state index contributed by atoms with van der Waals surface area (Å²) in [5, 5.41) is 0. The number of ether oxygens (including phenoxy) is 1. The van der Waals surface area contributed by atoms with E-state index in [0.29, 0.717) is 0 Å². The molecule has 0 aromatic heterocycles. The summed E-state index contributed by atoms with van der Waals surface area (Å²) in [5.41, 5.74) is 6.13. The molecule has 0 spiro atoms. The molecule has 3 heteroatoms. The van der Waals surface area contributed by atoms with Gasteiger partial charge < -0.3 is 10.5 Å². The van der Waals surface area contributed by atoms with Gasteiger partial charge in [0.15, 0.2) is 0 Å². The van der Waals surface area contributed by atoms with Gasteiger partial charge in [-0.05, 0) is 39.5 Å². The van der Waals surface area contributed by atoms with E-state index < -0.39 is 0 Å². The molecule has 0 aromatic rings. The molecule has 0 amide bonds. The van der Waals surface area contributed by atoms with E-state index >= 15 is 0 Å². The summed E-state index contributed by atoms with van der Waals surface area (Å²) in [6.07, 6.45) is 2.42. The average molecular weight is 242 g/mol. The van der Waals surface area contributed by atoms with E-state index in [0.717, 1.165) is 32.2 Å². The predicted octanol–water partition coefficient (Wildman–Crippen LogP) is 2.25. The van der Waals surface area contributed by atoms with Crippen LogP contribution in [0.2, 0.25) is 0 Å². The van der Waals surface area contributed by atoms with Gasteiger partial charge in [0.2, 0.25) is 0 Å². The second kappa shape index (κ2) is 5.68. The highest BCUT2D eigenvalue weighted by Crippen LogP contribution is 2.28. The van der Waals surface area contributed by atoms with E-state index in [4.69, 9.17) is 10.5 Å². The molecule has 1 heterocycles. The Balaban J connectivity index is 2.64. The maximum atomic E-state index is 6.03. The summed E-state index contributed by atoms with van der Waals surface area (Å²) in [6.45, 7) is 14.7. The second-order valence-electron chi connectivity index (χ2n) is 6.66. The van der Waals surface area contributed by atoms with Gasteiger partial charge >= 0.3 is 0 Å². The number of nitrogens with zero attached hydrogens (tertiary/aromatic N) is 1. The van der Waals surface area contributed by atoms with Crippen LogP contribution in [0.3, 0.4) is 0 Å². The summed E-state index contributed by atoms with van der Waals surface area (Å²) in [4.78, 5) is 2.53. The van der Waals surface area contributed by atoms with Gasteiger partial charge in [-0.15, -0.1) is 0 Å². The lowest BCUT2D eigenvalue weighted by Gasteiger charge is -2.48. The van der Waals surface area contributed by atoms with Crippen molar-refractivity contribution in [2.24, 2.45) is 11.7 Å². The van der Waals surface area contributed by atoms with Gasteiger partial charge in [-0.2, -0.15) is 0 Å². The highest BCUT2D eigenvalue weighted by molar-refractivity contribution is 4.92. The molecule has 1 aliphatic rings. The van der Waals surface area contributed by atoms with Gasteiger partial charge in [-0.3, -0.25) is 4.90 Å². The van der Waals surface area contributed by atoms with Crippen LogP contribution in [0.4, 0.5) is 0 Å². The molecule has 17 heavy (non-hydrogen) atoms. The van der Waals surface area contributed by atoms with Crippen LogP contribution in [0.15, 0.2) is 0 Å². The molecule has 0 saturated carbocycles. The molecule has 1 atom stereocenters. The van der Waals surface area contributed by atoms with Crippen molar-refractivity contribution in [1.82, 2.24) is 4.90 Å². The molecule has 2 N–H and O–H groups in total. The van der Waals surface area contributed by atoms with Crippen molar-refractivity contribution < 1.29 is 4.74 Å². The standard InChI is InChI=1S/C14H30N2O/c1-12(2)6-7-14(5,10-15)16-8-9-17-13(3,4)11-16/h12H,6-11,15H2,1-5H3. The smallest absolute Gasteiger partial charge is 0.0753 e. The van der Waals surface area contributed by atoms with E-state index in [1.54, 1.807) is 0 Å². The Morgan fingerprint density at radius 3 is 2.53 bits per heavy atom. The van der Waals surface area contributed by atoms with E-state index in [9.17, 15) is 0 Å². The lowest BCUT2D eigenvalue weighted by Crippen LogP contribution is -2.60. The third kappa shape index (κ3) is 4.23. The zero-order valence-corrected chi connectivity index (χ0v) is 12.3. The van der Waals surface area contributed by atoms with Crippen LogP contribution < -0.4 is 5.73 Å². The summed E-state index contributed by atoms with van der Waals surface area (Å²) >= 11 is 0. The summed E-state index contributed by atoms with van der Waals surface area (Å²) in [7, 11) is 0. The third-order valence-electron chi connectivity index (χ3n) is 3.89. The van der Waals surface area contributed by atoms with E-state index in [1.807, 2.05) is 0 Å². The maximum absolute atomic E-state index is 6.03. The molecule has 1 aliphatic heterocycles. The van der Waals surface area contributed by atoms with Crippen molar-refractivity contribution in [2.75, 3.05) is 26.2 Å². The molecule has 3 nitrogen and oxygen atoms in total. The number of hydrogen-bond acceptors (Lipinski definition) is 3. The van der Waals surface area contributed by atoms with Crippen LogP contribution in [0.1, 0.15) is 47.5 Å². The quantitative estimate of drug-likeness (QED) is 0.803. The number of morpholine rings is 1. The molecule has 0 aromatic carbocycles. The van der Waals surface area contributed by atoms with E-state index in [2.05, 4.69) is 39.5 Å². The van der Waals surface area contributed by atoms with Crippen molar-refractivity contribution in [3.63, 3.8) is 0 Å². The van der Waals surface area contributed by atoms with Crippen LogP contribution in [0.5, 0.6) is 0 Å². The van der Waals surface area contributed by atoms with Crippen LogP contribution in [-0.4, -0.2) is 42.3 Å². The minimum absolute atomic E-state index is 0.0352. The molecule has 1 fully saturated rings.